The predicted octanol–water partition coefficient (Wildman–Crippen LogP) is 0.895. The maximum atomic E-state index is 11.9. The number of nitrogens with one attached hydrogen (secondary N) is 2. The van der Waals surface area contributed by atoms with Crippen LogP contribution in [0.25, 0.3) is 0 Å². The molecule has 2 aliphatic heterocycles. The zero-order valence-corrected chi connectivity index (χ0v) is 11.2. The van der Waals surface area contributed by atoms with Crippen molar-refractivity contribution in [3.05, 3.63) is 12.7 Å². The van der Waals surface area contributed by atoms with E-state index in [0.29, 0.717) is 18.5 Å². The Morgan fingerprint density at radius 2 is 2.17 bits per heavy atom. The molecular weight excluding hydrogens is 226 g/mol. The lowest BCUT2D eigenvalue weighted by Gasteiger charge is -2.31. The molecule has 2 N–H and O–H groups in total. The summed E-state index contributed by atoms with van der Waals surface area (Å²) in [6.45, 7) is 7.93. The Bertz CT molecular complexity index is 279. The quantitative estimate of drug-likeness (QED) is 0.713. The number of hydrogen-bond donors (Lipinski definition) is 2. The first-order valence-electron chi connectivity index (χ1n) is 7.14. The van der Waals surface area contributed by atoms with Gasteiger partial charge in [0.25, 0.3) is 0 Å². The van der Waals surface area contributed by atoms with Crippen LogP contribution in [0, 0.1) is 0 Å². The van der Waals surface area contributed by atoms with E-state index >= 15 is 0 Å². The number of likely N-dealkylation sites (tertiary alicyclic amines) is 1. The molecule has 0 aromatic rings. The summed E-state index contributed by atoms with van der Waals surface area (Å²) in [5.74, 6) is 0.219. The molecule has 2 saturated heterocycles. The summed E-state index contributed by atoms with van der Waals surface area (Å²) in [4.78, 5) is 14.3. The summed E-state index contributed by atoms with van der Waals surface area (Å²) >= 11 is 0. The minimum atomic E-state index is 0.219. The second-order valence-electron chi connectivity index (χ2n) is 5.43. The van der Waals surface area contributed by atoms with Crippen LogP contribution in [0.4, 0.5) is 0 Å². The first-order chi connectivity index (χ1) is 8.78. The molecule has 1 unspecified atom stereocenters. The maximum Gasteiger partial charge on any atom is 0.221 e. The van der Waals surface area contributed by atoms with E-state index in [1.54, 1.807) is 0 Å². The topological polar surface area (TPSA) is 44.4 Å². The van der Waals surface area contributed by atoms with Gasteiger partial charge in [-0.15, -0.1) is 6.58 Å². The summed E-state index contributed by atoms with van der Waals surface area (Å²) < 4.78 is 0. The lowest BCUT2D eigenvalue weighted by Crippen LogP contribution is -2.45. The van der Waals surface area contributed by atoms with Crippen molar-refractivity contribution in [2.45, 2.75) is 44.2 Å². The Morgan fingerprint density at radius 1 is 1.39 bits per heavy atom. The van der Waals surface area contributed by atoms with Gasteiger partial charge < -0.3 is 10.6 Å². The number of hydrogen-bond acceptors (Lipinski definition) is 3. The van der Waals surface area contributed by atoms with Crippen molar-refractivity contribution in [2.24, 2.45) is 0 Å². The Labute approximate surface area is 110 Å². The van der Waals surface area contributed by atoms with Crippen LogP contribution in [0.2, 0.25) is 0 Å². The highest BCUT2D eigenvalue weighted by Crippen LogP contribution is 2.12. The molecule has 0 saturated carbocycles. The van der Waals surface area contributed by atoms with E-state index in [9.17, 15) is 4.79 Å². The van der Waals surface area contributed by atoms with E-state index < -0.39 is 0 Å². The average Bonchev–Trinajstić information content (AvgIpc) is 2.84. The first-order valence-corrected chi connectivity index (χ1v) is 7.14. The summed E-state index contributed by atoms with van der Waals surface area (Å²) in [6, 6.07) is 0.783. The average molecular weight is 251 g/mol. The van der Waals surface area contributed by atoms with E-state index in [2.05, 4.69) is 22.1 Å². The van der Waals surface area contributed by atoms with Gasteiger partial charge in [-0.25, -0.2) is 0 Å². The Hall–Kier alpha value is -0.870. The maximum absolute atomic E-state index is 11.9. The van der Waals surface area contributed by atoms with Gasteiger partial charge in [0.1, 0.15) is 0 Å². The summed E-state index contributed by atoms with van der Waals surface area (Å²) in [5.41, 5.74) is 0. The van der Waals surface area contributed by atoms with Gasteiger partial charge in [-0.05, 0) is 32.2 Å². The van der Waals surface area contributed by atoms with Gasteiger partial charge in [-0.3, -0.25) is 9.69 Å². The highest BCUT2D eigenvalue weighted by molar-refractivity contribution is 5.76. The van der Waals surface area contributed by atoms with Gasteiger partial charge in [0.15, 0.2) is 0 Å². The van der Waals surface area contributed by atoms with E-state index in [0.717, 1.165) is 45.4 Å². The van der Waals surface area contributed by atoms with Crippen LogP contribution in [0.5, 0.6) is 0 Å². The van der Waals surface area contributed by atoms with Crippen molar-refractivity contribution >= 4 is 5.91 Å². The SMILES string of the molecule is C=CCN1CCC(NC(=O)CC2CCCN2)CC1. The molecule has 2 fully saturated rings. The molecule has 0 aliphatic carbocycles. The third kappa shape index (κ3) is 4.10. The molecule has 4 heteroatoms. The van der Waals surface area contributed by atoms with Gasteiger partial charge >= 0.3 is 0 Å². The van der Waals surface area contributed by atoms with Crippen LogP contribution in [-0.4, -0.2) is 49.1 Å². The lowest BCUT2D eigenvalue weighted by molar-refractivity contribution is -0.122. The third-order valence-electron chi connectivity index (χ3n) is 3.93. The summed E-state index contributed by atoms with van der Waals surface area (Å²) in [5, 5.41) is 6.55. The Kier molecular flexibility index (Phi) is 5.20. The second kappa shape index (κ2) is 6.90. The van der Waals surface area contributed by atoms with Gasteiger partial charge in [0.2, 0.25) is 5.91 Å². The van der Waals surface area contributed by atoms with E-state index in [1.807, 2.05) is 6.08 Å². The van der Waals surface area contributed by atoms with Crippen molar-refractivity contribution in [3.8, 4) is 0 Å². The predicted molar refractivity (Wildman–Crippen MR) is 73.4 cm³/mol. The molecule has 1 atom stereocenters. The largest absolute Gasteiger partial charge is 0.353 e. The molecule has 4 nitrogen and oxygen atoms in total. The molecule has 0 aromatic heterocycles. The van der Waals surface area contributed by atoms with Crippen molar-refractivity contribution in [1.29, 1.82) is 0 Å². The zero-order valence-electron chi connectivity index (χ0n) is 11.2. The van der Waals surface area contributed by atoms with E-state index in [-0.39, 0.29) is 5.91 Å². The summed E-state index contributed by atoms with van der Waals surface area (Å²) in [7, 11) is 0. The normalized spacial score (nSPS) is 26.1. The number of rotatable bonds is 5. The van der Waals surface area contributed by atoms with Crippen LogP contribution < -0.4 is 10.6 Å². The number of carbonyl (C=O) groups is 1. The van der Waals surface area contributed by atoms with Crippen molar-refractivity contribution < 1.29 is 4.79 Å². The number of amides is 1. The lowest BCUT2D eigenvalue weighted by atomic mass is 10.0. The van der Waals surface area contributed by atoms with Gasteiger partial charge in [0, 0.05) is 38.1 Å². The molecule has 0 aromatic carbocycles. The molecule has 0 bridgehead atoms. The minimum absolute atomic E-state index is 0.219. The fraction of sp³-hybridized carbons (Fsp3) is 0.786. The Morgan fingerprint density at radius 3 is 2.78 bits per heavy atom. The molecule has 2 aliphatic rings. The number of nitrogens with zero attached hydrogens (tertiary/aromatic N) is 1. The minimum Gasteiger partial charge on any atom is -0.353 e. The van der Waals surface area contributed by atoms with E-state index in [1.165, 1.54) is 6.42 Å². The molecule has 2 heterocycles. The molecule has 0 spiro atoms. The number of piperidine rings is 1. The van der Waals surface area contributed by atoms with E-state index in [4.69, 9.17) is 0 Å². The van der Waals surface area contributed by atoms with Crippen molar-refractivity contribution in [3.63, 3.8) is 0 Å². The smallest absolute Gasteiger partial charge is 0.221 e. The van der Waals surface area contributed by atoms with Crippen LogP contribution in [0.3, 0.4) is 0 Å². The number of carbonyl (C=O) groups excluding carboxylic acids is 1. The molecule has 0 radical (unpaired) electrons. The molecule has 2 rings (SSSR count). The second-order valence-corrected chi connectivity index (χ2v) is 5.43. The highest BCUT2D eigenvalue weighted by atomic mass is 16.1. The molecule has 102 valence electrons. The van der Waals surface area contributed by atoms with Crippen molar-refractivity contribution in [1.82, 2.24) is 15.5 Å². The molecular formula is C14H25N3O. The van der Waals surface area contributed by atoms with Crippen LogP contribution in [0.1, 0.15) is 32.1 Å². The third-order valence-corrected chi connectivity index (χ3v) is 3.93. The van der Waals surface area contributed by atoms with Crippen LogP contribution in [0.15, 0.2) is 12.7 Å². The van der Waals surface area contributed by atoms with Crippen molar-refractivity contribution in [2.75, 3.05) is 26.2 Å². The van der Waals surface area contributed by atoms with Crippen LogP contribution in [-0.2, 0) is 4.79 Å². The molecule has 1 amide bonds. The highest BCUT2D eigenvalue weighted by Gasteiger charge is 2.22. The molecule has 18 heavy (non-hydrogen) atoms. The standard InChI is InChI=1S/C14H25N3O/c1-2-8-17-9-5-12(6-10-17)16-14(18)11-13-4-3-7-15-13/h2,12-13,15H,1,3-11H2,(H,16,18). The Balaban J connectivity index is 1.64. The zero-order chi connectivity index (χ0) is 12.8. The van der Waals surface area contributed by atoms with Gasteiger partial charge in [0.05, 0.1) is 0 Å². The summed E-state index contributed by atoms with van der Waals surface area (Å²) in [6.07, 6.45) is 7.08. The fourth-order valence-electron chi connectivity index (χ4n) is 2.88. The van der Waals surface area contributed by atoms with Crippen LogP contribution >= 0.6 is 0 Å². The van der Waals surface area contributed by atoms with Gasteiger partial charge in [-0.2, -0.15) is 0 Å². The fourth-order valence-corrected chi connectivity index (χ4v) is 2.88. The first kappa shape index (κ1) is 13.6. The van der Waals surface area contributed by atoms with Gasteiger partial charge in [-0.1, -0.05) is 6.08 Å². The monoisotopic (exact) mass is 251 g/mol.